The van der Waals surface area contributed by atoms with E-state index >= 15 is 0 Å². The van der Waals surface area contributed by atoms with Crippen molar-refractivity contribution in [3.63, 3.8) is 0 Å². The van der Waals surface area contributed by atoms with Gasteiger partial charge in [-0.3, -0.25) is 0 Å². The smallest absolute Gasteiger partial charge is 0.354 e. The van der Waals surface area contributed by atoms with Gasteiger partial charge in [0.15, 0.2) is 5.69 Å². The molecule has 0 bridgehead atoms. The van der Waals surface area contributed by atoms with E-state index in [0.29, 0.717) is 12.3 Å². The van der Waals surface area contributed by atoms with E-state index < -0.39 is 5.97 Å². The Morgan fingerprint density at radius 2 is 2.00 bits per heavy atom. The van der Waals surface area contributed by atoms with Gasteiger partial charge in [0.05, 0.1) is 0 Å². The van der Waals surface area contributed by atoms with Crippen LogP contribution in [0.4, 0.5) is 0 Å². The van der Waals surface area contributed by atoms with Gasteiger partial charge < -0.3 is 9.84 Å². The summed E-state index contributed by atoms with van der Waals surface area (Å²) < 4.78 is 5.38. The molecule has 0 saturated carbocycles. The molecule has 1 aromatic heterocycles. The molecule has 92 valence electrons. The van der Waals surface area contributed by atoms with E-state index in [0.717, 1.165) is 5.56 Å². The Hall–Kier alpha value is -2.43. The molecular weight excluding hydrogens is 232 g/mol. The molecule has 1 aromatic carbocycles. The summed E-state index contributed by atoms with van der Waals surface area (Å²) >= 11 is 0. The van der Waals surface area contributed by atoms with E-state index in [2.05, 4.69) is 9.97 Å². The van der Waals surface area contributed by atoms with E-state index in [1.54, 1.807) is 6.92 Å². The largest absolute Gasteiger partial charge is 0.477 e. The number of hydrogen-bond donors (Lipinski definition) is 1. The van der Waals surface area contributed by atoms with Crippen LogP contribution >= 0.6 is 0 Å². The minimum absolute atomic E-state index is 0.0643. The zero-order valence-electron chi connectivity index (χ0n) is 9.83. The summed E-state index contributed by atoms with van der Waals surface area (Å²) in [5.41, 5.74) is 1.47. The second-order valence-electron chi connectivity index (χ2n) is 3.76. The summed E-state index contributed by atoms with van der Waals surface area (Å²) in [5.74, 6) is -1.09. The lowest BCUT2D eigenvalue weighted by atomic mass is 10.2. The topological polar surface area (TPSA) is 72.3 Å². The van der Waals surface area contributed by atoms with Crippen LogP contribution in [0.5, 0.6) is 6.01 Å². The van der Waals surface area contributed by atoms with E-state index in [1.165, 1.54) is 6.07 Å². The average Bonchev–Trinajstić information content (AvgIpc) is 2.37. The first kappa shape index (κ1) is 12.0. The Morgan fingerprint density at radius 3 is 2.67 bits per heavy atom. The fourth-order valence-electron chi connectivity index (χ4n) is 1.44. The van der Waals surface area contributed by atoms with Gasteiger partial charge in [0, 0.05) is 5.69 Å². The summed E-state index contributed by atoms with van der Waals surface area (Å²) in [6, 6.07) is 11.0. The number of carbonyl (C=O) groups is 1. The van der Waals surface area contributed by atoms with Gasteiger partial charge in [-0.05, 0) is 18.6 Å². The molecule has 0 aliphatic rings. The van der Waals surface area contributed by atoms with Gasteiger partial charge >= 0.3 is 12.0 Å². The van der Waals surface area contributed by atoms with Crippen LogP contribution < -0.4 is 4.74 Å². The third-order valence-electron chi connectivity index (χ3n) is 2.26. The summed E-state index contributed by atoms with van der Waals surface area (Å²) in [6.07, 6.45) is 0. The summed E-state index contributed by atoms with van der Waals surface area (Å²) in [7, 11) is 0. The predicted molar refractivity (Wildman–Crippen MR) is 64.5 cm³/mol. The van der Waals surface area contributed by atoms with Crippen molar-refractivity contribution in [3.8, 4) is 6.01 Å². The monoisotopic (exact) mass is 244 g/mol. The molecule has 1 heterocycles. The molecule has 18 heavy (non-hydrogen) atoms. The number of aryl methyl sites for hydroxylation is 1. The average molecular weight is 244 g/mol. The minimum atomic E-state index is -1.09. The normalized spacial score (nSPS) is 10.1. The highest BCUT2D eigenvalue weighted by Crippen LogP contribution is 2.09. The quantitative estimate of drug-likeness (QED) is 0.891. The number of aromatic nitrogens is 2. The lowest BCUT2D eigenvalue weighted by molar-refractivity contribution is 0.0688. The fourth-order valence-corrected chi connectivity index (χ4v) is 1.44. The zero-order valence-corrected chi connectivity index (χ0v) is 9.83. The second-order valence-corrected chi connectivity index (χ2v) is 3.76. The molecule has 0 atom stereocenters. The van der Waals surface area contributed by atoms with Gasteiger partial charge in [0.25, 0.3) is 0 Å². The van der Waals surface area contributed by atoms with Crippen molar-refractivity contribution in [2.24, 2.45) is 0 Å². The molecule has 5 heteroatoms. The van der Waals surface area contributed by atoms with Crippen molar-refractivity contribution in [3.05, 3.63) is 53.3 Å². The van der Waals surface area contributed by atoms with Crippen LogP contribution in [-0.4, -0.2) is 21.0 Å². The lowest BCUT2D eigenvalue weighted by Gasteiger charge is -2.05. The Labute approximate surface area is 104 Å². The first-order chi connectivity index (χ1) is 8.65. The van der Waals surface area contributed by atoms with E-state index in [4.69, 9.17) is 9.84 Å². The van der Waals surface area contributed by atoms with Crippen molar-refractivity contribution < 1.29 is 14.6 Å². The number of carboxylic acid groups (broad SMARTS) is 1. The molecule has 2 aromatic rings. The van der Waals surface area contributed by atoms with Crippen molar-refractivity contribution >= 4 is 5.97 Å². The lowest BCUT2D eigenvalue weighted by Crippen LogP contribution is -2.06. The van der Waals surface area contributed by atoms with Gasteiger partial charge in [0.1, 0.15) is 6.61 Å². The predicted octanol–water partition coefficient (Wildman–Crippen LogP) is 2.06. The SMILES string of the molecule is Cc1cc(C(=O)O)nc(OCc2ccccc2)n1. The molecule has 0 fully saturated rings. The third kappa shape index (κ3) is 3.04. The third-order valence-corrected chi connectivity index (χ3v) is 2.26. The van der Waals surface area contributed by atoms with Crippen molar-refractivity contribution in [2.75, 3.05) is 0 Å². The Morgan fingerprint density at radius 1 is 1.28 bits per heavy atom. The highest BCUT2D eigenvalue weighted by Gasteiger charge is 2.09. The number of benzene rings is 1. The first-order valence-electron chi connectivity index (χ1n) is 5.41. The van der Waals surface area contributed by atoms with Crippen LogP contribution in [0.1, 0.15) is 21.7 Å². The number of aromatic carboxylic acids is 1. The van der Waals surface area contributed by atoms with E-state index in [9.17, 15) is 4.79 Å². The minimum Gasteiger partial charge on any atom is -0.477 e. The molecule has 1 N–H and O–H groups in total. The van der Waals surface area contributed by atoms with Crippen LogP contribution in [0, 0.1) is 6.92 Å². The first-order valence-corrected chi connectivity index (χ1v) is 5.41. The number of ether oxygens (including phenoxy) is 1. The molecule has 5 nitrogen and oxygen atoms in total. The van der Waals surface area contributed by atoms with Gasteiger partial charge in [0.2, 0.25) is 0 Å². The van der Waals surface area contributed by atoms with Gasteiger partial charge in [-0.1, -0.05) is 30.3 Å². The van der Waals surface area contributed by atoms with Crippen molar-refractivity contribution in [2.45, 2.75) is 13.5 Å². The van der Waals surface area contributed by atoms with Gasteiger partial charge in [-0.15, -0.1) is 0 Å². The zero-order chi connectivity index (χ0) is 13.0. The van der Waals surface area contributed by atoms with Crippen LogP contribution in [0.15, 0.2) is 36.4 Å². The van der Waals surface area contributed by atoms with Crippen molar-refractivity contribution in [1.82, 2.24) is 9.97 Å². The van der Waals surface area contributed by atoms with Crippen LogP contribution in [0.25, 0.3) is 0 Å². The maximum Gasteiger partial charge on any atom is 0.354 e. The molecule has 0 aliphatic heterocycles. The molecular formula is C13H12N2O3. The molecule has 2 rings (SSSR count). The van der Waals surface area contributed by atoms with Crippen LogP contribution in [-0.2, 0) is 6.61 Å². The molecule has 0 saturated heterocycles. The molecule has 0 spiro atoms. The maximum atomic E-state index is 10.8. The van der Waals surface area contributed by atoms with Gasteiger partial charge in [-0.25, -0.2) is 9.78 Å². The Bertz CT molecular complexity index is 555. The Balaban J connectivity index is 2.12. The van der Waals surface area contributed by atoms with Crippen LogP contribution in [0.2, 0.25) is 0 Å². The number of nitrogens with zero attached hydrogens (tertiary/aromatic N) is 2. The van der Waals surface area contributed by atoms with Crippen molar-refractivity contribution in [1.29, 1.82) is 0 Å². The molecule has 0 amide bonds. The van der Waals surface area contributed by atoms with E-state index in [1.807, 2.05) is 30.3 Å². The molecule has 0 radical (unpaired) electrons. The molecule has 0 aliphatic carbocycles. The highest BCUT2D eigenvalue weighted by molar-refractivity contribution is 5.85. The standard InChI is InChI=1S/C13H12N2O3/c1-9-7-11(12(16)17)15-13(14-9)18-8-10-5-3-2-4-6-10/h2-7H,8H2,1H3,(H,16,17). The maximum absolute atomic E-state index is 10.8. The summed E-state index contributed by atoms with van der Waals surface area (Å²) in [6.45, 7) is 2.01. The Kier molecular flexibility index (Phi) is 3.52. The highest BCUT2D eigenvalue weighted by atomic mass is 16.5. The number of rotatable bonds is 4. The summed E-state index contributed by atoms with van der Waals surface area (Å²) in [5, 5.41) is 8.87. The fraction of sp³-hybridized carbons (Fsp3) is 0.154. The van der Waals surface area contributed by atoms with E-state index in [-0.39, 0.29) is 11.7 Å². The van der Waals surface area contributed by atoms with Gasteiger partial charge in [-0.2, -0.15) is 4.98 Å². The summed E-state index contributed by atoms with van der Waals surface area (Å²) in [4.78, 5) is 18.7. The number of hydrogen-bond acceptors (Lipinski definition) is 4. The van der Waals surface area contributed by atoms with Crippen LogP contribution in [0.3, 0.4) is 0 Å². The number of carboxylic acids is 1. The second kappa shape index (κ2) is 5.27. The molecule has 0 unspecified atom stereocenters.